The van der Waals surface area contributed by atoms with Gasteiger partial charge in [-0.1, -0.05) is 6.07 Å². The second-order valence-electron chi connectivity index (χ2n) is 6.36. The molecule has 7 heteroatoms. The van der Waals surface area contributed by atoms with Crippen molar-refractivity contribution in [2.45, 2.75) is 19.9 Å². The van der Waals surface area contributed by atoms with Gasteiger partial charge in [0.25, 0.3) is 5.91 Å². The number of benzene rings is 2. The molecule has 3 aromatic rings. The van der Waals surface area contributed by atoms with Gasteiger partial charge in [0.15, 0.2) is 17.3 Å². The van der Waals surface area contributed by atoms with Gasteiger partial charge < -0.3 is 15.2 Å². The average molecular weight is 369 g/mol. The van der Waals surface area contributed by atoms with E-state index in [1.54, 1.807) is 35.3 Å². The second kappa shape index (κ2) is 7.49. The maximum Gasteiger partial charge on any atom is 0.251 e. The first-order valence-corrected chi connectivity index (χ1v) is 8.42. The zero-order valence-electron chi connectivity index (χ0n) is 15.2. The fourth-order valence-electron chi connectivity index (χ4n) is 2.64. The van der Waals surface area contributed by atoms with Gasteiger partial charge in [0.1, 0.15) is 0 Å². The highest BCUT2D eigenvalue weighted by atomic mass is 19.1. The molecule has 0 atom stereocenters. The Morgan fingerprint density at radius 2 is 2.04 bits per heavy atom. The lowest BCUT2D eigenvalue weighted by Gasteiger charge is -2.09. The van der Waals surface area contributed by atoms with E-state index in [4.69, 9.17) is 4.74 Å². The van der Waals surface area contributed by atoms with Crippen molar-refractivity contribution in [3.05, 3.63) is 60.2 Å². The Kier molecular flexibility index (Phi) is 5.12. The highest BCUT2D eigenvalue weighted by molar-refractivity contribution is 5.94. The Hall–Kier alpha value is -3.35. The molecule has 0 saturated heterocycles. The highest BCUT2D eigenvalue weighted by Crippen LogP contribution is 2.34. The van der Waals surface area contributed by atoms with E-state index >= 15 is 0 Å². The third-order valence-corrected chi connectivity index (χ3v) is 3.96. The number of carbonyl (C=O) groups excluding carboxylic acids is 1. The number of aromatic nitrogens is 2. The van der Waals surface area contributed by atoms with E-state index in [2.05, 4.69) is 10.4 Å². The minimum atomic E-state index is -0.774. The first-order chi connectivity index (χ1) is 12.9. The SMILES string of the molecule is COc1cc(-c2cnn(-c3cccc(C(=O)NC(C)C)c3)c2)cc(F)c1O. The van der Waals surface area contributed by atoms with Crippen molar-refractivity contribution in [2.75, 3.05) is 7.11 Å². The van der Waals surface area contributed by atoms with Gasteiger partial charge in [0.05, 0.1) is 19.0 Å². The summed E-state index contributed by atoms with van der Waals surface area (Å²) in [6.45, 7) is 3.79. The van der Waals surface area contributed by atoms with Crippen LogP contribution in [0.3, 0.4) is 0 Å². The van der Waals surface area contributed by atoms with Gasteiger partial charge in [-0.15, -0.1) is 0 Å². The van der Waals surface area contributed by atoms with Crippen LogP contribution >= 0.6 is 0 Å². The number of methoxy groups -OCH3 is 1. The summed E-state index contributed by atoms with van der Waals surface area (Å²) < 4.78 is 20.5. The van der Waals surface area contributed by atoms with Crippen LogP contribution in [0.5, 0.6) is 11.5 Å². The van der Waals surface area contributed by atoms with Gasteiger partial charge in [-0.25, -0.2) is 9.07 Å². The minimum absolute atomic E-state index is 0.0387. The first-order valence-electron chi connectivity index (χ1n) is 8.42. The van der Waals surface area contributed by atoms with E-state index in [-0.39, 0.29) is 17.7 Å². The number of ether oxygens (including phenoxy) is 1. The zero-order valence-corrected chi connectivity index (χ0v) is 15.2. The Labute approximate surface area is 156 Å². The molecule has 0 aliphatic carbocycles. The Balaban J connectivity index is 1.93. The Morgan fingerprint density at radius 3 is 2.74 bits per heavy atom. The molecule has 0 radical (unpaired) electrons. The van der Waals surface area contributed by atoms with Gasteiger partial charge in [0, 0.05) is 23.4 Å². The highest BCUT2D eigenvalue weighted by Gasteiger charge is 2.14. The summed E-state index contributed by atoms with van der Waals surface area (Å²) in [4.78, 5) is 12.2. The number of amides is 1. The molecule has 0 spiro atoms. The normalized spacial score (nSPS) is 10.9. The van der Waals surface area contributed by atoms with Crippen LogP contribution in [0.1, 0.15) is 24.2 Å². The molecule has 3 rings (SSSR count). The lowest BCUT2D eigenvalue weighted by molar-refractivity contribution is 0.0943. The number of hydrogen-bond donors (Lipinski definition) is 2. The molecule has 0 bridgehead atoms. The van der Waals surface area contributed by atoms with Gasteiger partial charge >= 0.3 is 0 Å². The van der Waals surface area contributed by atoms with Crippen LogP contribution in [-0.2, 0) is 0 Å². The molecule has 6 nitrogen and oxygen atoms in total. The summed E-state index contributed by atoms with van der Waals surface area (Å²) in [5.74, 6) is -1.42. The first kappa shape index (κ1) is 18.4. The van der Waals surface area contributed by atoms with E-state index in [1.165, 1.54) is 19.2 Å². The van der Waals surface area contributed by atoms with Crippen molar-refractivity contribution in [1.82, 2.24) is 15.1 Å². The number of rotatable bonds is 5. The second-order valence-corrected chi connectivity index (χ2v) is 6.36. The molecular formula is C20H20FN3O3. The number of phenolic OH excluding ortho intramolecular Hbond substituents is 1. The molecule has 0 fully saturated rings. The molecule has 2 aromatic carbocycles. The number of hydrogen-bond acceptors (Lipinski definition) is 4. The van der Waals surface area contributed by atoms with Crippen molar-refractivity contribution in [3.8, 4) is 28.3 Å². The van der Waals surface area contributed by atoms with E-state index in [9.17, 15) is 14.3 Å². The van der Waals surface area contributed by atoms with Crippen LogP contribution in [0.2, 0.25) is 0 Å². The van der Waals surface area contributed by atoms with Crippen LogP contribution in [0, 0.1) is 5.82 Å². The third-order valence-electron chi connectivity index (χ3n) is 3.96. The smallest absolute Gasteiger partial charge is 0.251 e. The van der Waals surface area contributed by atoms with E-state index in [0.29, 0.717) is 22.4 Å². The van der Waals surface area contributed by atoms with Crippen LogP contribution in [0.15, 0.2) is 48.8 Å². The summed E-state index contributed by atoms with van der Waals surface area (Å²) in [5.41, 5.74) is 2.38. The fraction of sp³-hybridized carbons (Fsp3) is 0.200. The summed E-state index contributed by atoms with van der Waals surface area (Å²) >= 11 is 0. The van der Waals surface area contributed by atoms with Crippen molar-refractivity contribution in [2.24, 2.45) is 0 Å². The zero-order chi connectivity index (χ0) is 19.6. The lowest BCUT2D eigenvalue weighted by Crippen LogP contribution is -2.30. The monoisotopic (exact) mass is 369 g/mol. The van der Waals surface area contributed by atoms with Crippen LogP contribution in [0.25, 0.3) is 16.8 Å². The summed E-state index contributed by atoms with van der Waals surface area (Å²) in [6, 6.07) is 9.84. The maximum atomic E-state index is 13.9. The largest absolute Gasteiger partial charge is 0.502 e. The standard InChI is InChI=1S/C20H20FN3O3/c1-12(2)23-20(26)13-5-4-6-16(7-13)24-11-15(10-22-24)14-8-17(21)19(25)18(9-14)27-3/h4-12,25H,1-3H3,(H,23,26). The molecule has 1 amide bonds. The quantitative estimate of drug-likeness (QED) is 0.721. The van der Waals surface area contributed by atoms with E-state index in [1.807, 2.05) is 19.9 Å². The topological polar surface area (TPSA) is 76.4 Å². The molecule has 0 aliphatic heterocycles. The van der Waals surface area contributed by atoms with Crippen molar-refractivity contribution in [1.29, 1.82) is 0 Å². The molecule has 2 N–H and O–H groups in total. The molecule has 1 aromatic heterocycles. The molecule has 1 heterocycles. The molecular weight excluding hydrogens is 349 g/mol. The minimum Gasteiger partial charge on any atom is -0.502 e. The predicted molar refractivity (Wildman–Crippen MR) is 99.8 cm³/mol. The van der Waals surface area contributed by atoms with Gasteiger partial charge in [-0.2, -0.15) is 5.10 Å². The number of carbonyl (C=O) groups is 1. The number of halogens is 1. The van der Waals surface area contributed by atoms with E-state index < -0.39 is 11.6 Å². The lowest BCUT2D eigenvalue weighted by atomic mass is 10.1. The molecule has 27 heavy (non-hydrogen) atoms. The Morgan fingerprint density at radius 1 is 1.26 bits per heavy atom. The summed E-state index contributed by atoms with van der Waals surface area (Å²) in [7, 11) is 1.36. The Bertz CT molecular complexity index is 982. The predicted octanol–water partition coefficient (Wildman–Crippen LogP) is 3.53. The number of nitrogens with zero attached hydrogens (tertiary/aromatic N) is 2. The van der Waals surface area contributed by atoms with E-state index in [0.717, 1.165) is 0 Å². The van der Waals surface area contributed by atoms with Crippen molar-refractivity contribution in [3.63, 3.8) is 0 Å². The summed E-state index contributed by atoms with van der Waals surface area (Å²) in [6.07, 6.45) is 3.29. The number of phenols is 1. The molecule has 0 unspecified atom stereocenters. The number of aromatic hydroxyl groups is 1. The maximum absolute atomic E-state index is 13.9. The number of nitrogens with one attached hydrogen (secondary N) is 1. The molecule has 0 aliphatic rings. The average Bonchev–Trinajstić information content (AvgIpc) is 3.13. The van der Waals surface area contributed by atoms with Crippen LogP contribution in [0.4, 0.5) is 4.39 Å². The van der Waals surface area contributed by atoms with Gasteiger partial charge in [-0.3, -0.25) is 4.79 Å². The third kappa shape index (κ3) is 3.92. The van der Waals surface area contributed by atoms with Crippen molar-refractivity contribution < 1.29 is 19.0 Å². The van der Waals surface area contributed by atoms with Gasteiger partial charge in [-0.05, 0) is 49.7 Å². The molecule has 0 saturated carbocycles. The summed E-state index contributed by atoms with van der Waals surface area (Å²) in [5, 5.41) is 16.8. The van der Waals surface area contributed by atoms with Gasteiger partial charge in [0.2, 0.25) is 0 Å². The van der Waals surface area contributed by atoms with Crippen LogP contribution < -0.4 is 10.1 Å². The molecule has 140 valence electrons. The van der Waals surface area contributed by atoms with Crippen LogP contribution in [-0.4, -0.2) is 33.9 Å². The fourth-order valence-corrected chi connectivity index (χ4v) is 2.64. The van der Waals surface area contributed by atoms with Crippen molar-refractivity contribution >= 4 is 5.91 Å².